The van der Waals surface area contributed by atoms with Crippen LogP contribution in [0, 0.1) is 6.92 Å². The molecule has 1 amide bonds. The SMILES string of the molecule is Cc1nn(-c2nncc(-c3ccccc3)n2)c2c1C(c1cccc(Br)c1)CC(=O)N2. The van der Waals surface area contributed by atoms with E-state index in [0.717, 1.165) is 26.9 Å². The average Bonchev–Trinajstić information content (AvgIpc) is 3.10. The molecule has 0 aliphatic carbocycles. The molecule has 5 rings (SSSR count). The summed E-state index contributed by atoms with van der Waals surface area (Å²) in [6.07, 6.45) is 1.98. The number of fused-ring (bicyclic) bond motifs is 1. The number of aromatic nitrogens is 5. The molecular weight excluding hydrogens is 444 g/mol. The van der Waals surface area contributed by atoms with Gasteiger partial charge in [0.15, 0.2) is 0 Å². The molecule has 0 saturated heterocycles. The molecule has 8 heteroatoms. The molecule has 4 aromatic rings. The smallest absolute Gasteiger partial charge is 0.272 e. The van der Waals surface area contributed by atoms with Crippen LogP contribution >= 0.6 is 15.9 Å². The number of carbonyl (C=O) groups is 1. The number of nitrogens with zero attached hydrogens (tertiary/aromatic N) is 5. The van der Waals surface area contributed by atoms with E-state index in [2.05, 4.69) is 41.5 Å². The van der Waals surface area contributed by atoms with E-state index in [-0.39, 0.29) is 11.8 Å². The van der Waals surface area contributed by atoms with Gasteiger partial charge in [0.05, 0.1) is 17.6 Å². The van der Waals surface area contributed by atoms with Gasteiger partial charge in [0.25, 0.3) is 5.95 Å². The lowest BCUT2D eigenvalue weighted by Crippen LogP contribution is -2.25. The van der Waals surface area contributed by atoms with E-state index in [4.69, 9.17) is 0 Å². The number of hydrogen-bond donors (Lipinski definition) is 1. The Hall–Kier alpha value is -3.39. The molecule has 2 aromatic heterocycles. The van der Waals surface area contributed by atoms with Gasteiger partial charge in [-0.05, 0) is 24.6 Å². The summed E-state index contributed by atoms with van der Waals surface area (Å²) in [5, 5.41) is 15.9. The van der Waals surface area contributed by atoms with Gasteiger partial charge in [-0.25, -0.2) is 4.98 Å². The molecular formula is C22H17BrN6O. The fourth-order valence-corrected chi connectivity index (χ4v) is 4.25. The lowest BCUT2D eigenvalue weighted by atomic mass is 9.86. The summed E-state index contributed by atoms with van der Waals surface area (Å²) in [7, 11) is 0. The van der Waals surface area contributed by atoms with Crippen molar-refractivity contribution in [2.45, 2.75) is 19.3 Å². The first-order valence-corrected chi connectivity index (χ1v) is 10.3. The van der Waals surface area contributed by atoms with Crippen molar-refractivity contribution in [2.75, 3.05) is 5.32 Å². The van der Waals surface area contributed by atoms with Gasteiger partial charge in [-0.3, -0.25) is 4.79 Å². The molecule has 1 unspecified atom stereocenters. The zero-order chi connectivity index (χ0) is 20.7. The average molecular weight is 461 g/mol. The lowest BCUT2D eigenvalue weighted by molar-refractivity contribution is -0.116. The molecule has 1 aliphatic heterocycles. The molecule has 0 fully saturated rings. The Kier molecular flexibility index (Phi) is 4.63. The molecule has 0 saturated carbocycles. The standard InChI is InChI=1S/C22H17BrN6O/c1-13-20-17(15-8-5-9-16(23)10-15)11-19(30)26-21(20)29(28-13)22-25-18(12-24-27-22)14-6-3-2-4-7-14/h2-10,12,17H,11H2,1H3,(H,26,30). The Bertz CT molecular complexity index is 1250. The van der Waals surface area contributed by atoms with E-state index in [1.54, 1.807) is 10.9 Å². The van der Waals surface area contributed by atoms with Crippen molar-refractivity contribution in [1.82, 2.24) is 25.0 Å². The monoisotopic (exact) mass is 460 g/mol. The molecule has 0 radical (unpaired) electrons. The molecule has 1 atom stereocenters. The number of aryl methyl sites for hydroxylation is 1. The topological polar surface area (TPSA) is 85.6 Å². The van der Waals surface area contributed by atoms with E-state index in [1.807, 2.05) is 61.5 Å². The summed E-state index contributed by atoms with van der Waals surface area (Å²) < 4.78 is 2.55. The van der Waals surface area contributed by atoms with Crippen LogP contribution < -0.4 is 5.32 Å². The van der Waals surface area contributed by atoms with E-state index in [0.29, 0.717) is 23.9 Å². The van der Waals surface area contributed by atoms with Gasteiger partial charge in [0.1, 0.15) is 5.82 Å². The van der Waals surface area contributed by atoms with E-state index in [1.165, 1.54) is 0 Å². The lowest BCUT2D eigenvalue weighted by Gasteiger charge is -2.24. The first-order chi connectivity index (χ1) is 14.6. The fourth-order valence-electron chi connectivity index (χ4n) is 3.83. The number of anilines is 1. The summed E-state index contributed by atoms with van der Waals surface area (Å²) in [6.45, 7) is 1.94. The summed E-state index contributed by atoms with van der Waals surface area (Å²) in [5.41, 5.74) is 4.47. The van der Waals surface area contributed by atoms with Crippen molar-refractivity contribution in [3.63, 3.8) is 0 Å². The molecule has 0 spiro atoms. The predicted molar refractivity (Wildman–Crippen MR) is 116 cm³/mol. The summed E-state index contributed by atoms with van der Waals surface area (Å²) in [4.78, 5) is 17.2. The Morgan fingerprint density at radius 2 is 1.97 bits per heavy atom. The normalized spacial score (nSPS) is 15.5. The van der Waals surface area contributed by atoms with Gasteiger partial charge < -0.3 is 5.32 Å². The first-order valence-electron chi connectivity index (χ1n) is 9.50. The van der Waals surface area contributed by atoms with Crippen LogP contribution in [0.1, 0.15) is 29.2 Å². The van der Waals surface area contributed by atoms with Gasteiger partial charge in [-0.2, -0.15) is 14.9 Å². The van der Waals surface area contributed by atoms with Crippen LogP contribution in [-0.2, 0) is 4.79 Å². The minimum Gasteiger partial charge on any atom is -0.310 e. The molecule has 0 bridgehead atoms. The first kappa shape index (κ1) is 18.6. The summed E-state index contributed by atoms with van der Waals surface area (Å²) in [5.74, 6) is 0.752. The number of rotatable bonds is 3. The van der Waals surface area contributed by atoms with Crippen LogP contribution in [0.5, 0.6) is 0 Å². The Morgan fingerprint density at radius 3 is 2.77 bits per heavy atom. The molecule has 2 aromatic carbocycles. The van der Waals surface area contributed by atoms with Gasteiger partial charge >= 0.3 is 0 Å². The number of nitrogens with one attached hydrogen (secondary N) is 1. The van der Waals surface area contributed by atoms with Gasteiger partial charge in [-0.1, -0.05) is 58.4 Å². The van der Waals surface area contributed by atoms with Gasteiger partial charge in [-0.15, -0.1) is 5.10 Å². The van der Waals surface area contributed by atoms with Crippen LogP contribution in [0.2, 0.25) is 0 Å². The Balaban J connectivity index is 1.63. The highest BCUT2D eigenvalue weighted by Crippen LogP contribution is 2.40. The molecule has 148 valence electrons. The third kappa shape index (κ3) is 3.29. The Morgan fingerprint density at radius 1 is 1.13 bits per heavy atom. The van der Waals surface area contributed by atoms with Crippen molar-refractivity contribution in [3.05, 3.63) is 82.1 Å². The van der Waals surface area contributed by atoms with Crippen molar-refractivity contribution in [1.29, 1.82) is 0 Å². The van der Waals surface area contributed by atoms with Gasteiger partial charge in [0.2, 0.25) is 5.91 Å². The third-order valence-corrected chi connectivity index (χ3v) is 5.65. The quantitative estimate of drug-likeness (QED) is 0.493. The maximum atomic E-state index is 12.6. The van der Waals surface area contributed by atoms with Crippen molar-refractivity contribution >= 4 is 27.7 Å². The predicted octanol–water partition coefficient (Wildman–Crippen LogP) is 4.27. The summed E-state index contributed by atoms with van der Waals surface area (Å²) >= 11 is 3.52. The van der Waals surface area contributed by atoms with Crippen LogP contribution in [-0.4, -0.2) is 30.9 Å². The fraction of sp³-hybridized carbons (Fsp3) is 0.136. The molecule has 7 nitrogen and oxygen atoms in total. The largest absolute Gasteiger partial charge is 0.310 e. The molecule has 1 aliphatic rings. The molecule has 30 heavy (non-hydrogen) atoms. The number of amides is 1. The van der Waals surface area contributed by atoms with E-state index >= 15 is 0 Å². The summed E-state index contributed by atoms with van der Waals surface area (Å²) in [6, 6.07) is 17.8. The van der Waals surface area contributed by atoms with Crippen molar-refractivity contribution in [2.24, 2.45) is 0 Å². The van der Waals surface area contributed by atoms with E-state index in [9.17, 15) is 4.79 Å². The highest BCUT2D eigenvalue weighted by Gasteiger charge is 2.33. The maximum absolute atomic E-state index is 12.6. The number of benzene rings is 2. The van der Waals surface area contributed by atoms with Crippen molar-refractivity contribution in [3.8, 4) is 17.2 Å². The highest BCUT2D eigenvalue weighted by atomic mass is 79.9. The number of hydrogen-bond acceptors (Lipinski definition) is 5. The Labute approximate surface area is 181 Å². The van der Waals surface area contributed by atoms with Crippen molar-refractivity contribution < 1.29 is 4.79 Å². The second kappa shape index (κ2) is 7.46. The minimum atomic E-state index is -0.0923. The third-order valence-electron chi connectivity index (χ3n) is 5.16. The zero-order valence-electron chi connectivity index (χ0n) is 16.1. The molecule has 3 heterocycles. The molecule has 1 N–H and O–H groups in total. The minimum absolute atomic E-state index is 0.0687. The number of halogens is 1. The highest BCUT2D eigenvalue weighted by molar-refractivity contribution is 9.10. The zero-order valence-corrected chi connectivity index (χ0v) is 17.7. The van der Waals surface area contributed by atoms with Crippen LogP contribution in [0.25, 0.3) is 17.2 Å². The van der Waals surface area contributed by atoms with Crippen LogP contribution in [0.4, 0.5) is 5.82 Å². The number of carbonyl (C=O) groups excluding carboxylic acids is 1. The van der Waals surface area contributed by atoms with Crippen LogP contribution in [0.3, 0.4) is 0 Å². The second-order valence-electron chi connectivity index (χ2n) is 7.13. The van der Waals surface area contributed by atoms with Crippen LogP contribution in [0.15, 0.2) is 65.3 Å². The maximum Gasteiger partial charge on any atom is 0.272 e. The van der Waals surface area contributed by atoms with Gasteiger partial charge in [0, 0.05) is 27.9 Å². The van der Waals surface area contributed by atoms with E-state index < -0.39 is 0 Å². The second-order valence-corrected chi connectivity index (χ2v) is 8.04.